The van der Waals surface area contributed by atoms with Crippen LogP contribution in [0.25, 0.3) is 11.5 Å². The standard InChI is InChI=1S/C10H10BrN3O/c1-6-4-7(11)2-3-8(6)10-13-9(5-12)14-15-10/h2-4H,5,12H2,1H3. The predicted octanol–water partition coefficient (Wildman–Crippen LogP) is 2.27. The molecule has 2 rings (SSSR count). The zero-order valence-corrected chi connectivity index (χ0v) is 9.78. The Morgan fingerprint density at radius 1 is 1.47 bits per heavy atom. The summed E-state index contributed by atoms with van der Waals surface area (Å²) in [6.45, 7) is 2.28. The van der Waals surface area contributed by atoms with E-state index in [0.717, 1.165) is 15.6 Å². The Hall–Kier alpha value is -1.20. The van der Waals surface area contributed by atoms with Gasteiger partial charge in [-0.15, -0.1) is 0 Å². The fraction of sp³-hybridized carbons (Fsp3) is 0.200. The van der Waals surface area contributed by atoms with E-state index in [1.165, 1.54) is 0 Å². The van der Waals surface area contributed by atoms with Crippen molar-refractivity contribution in [3.05, 3.63) is 34.1 Å². The maximum absolute atomic E-state index is 5.41. The van der Waals surface area contributed by atoms with Gasteiger partial charge < -0.3 is 10.3 Å². The SMILES string of the molecule is Cc1cc(Br)ccc1-c1nc(CN)no1. The molecule has 0 fully saturated rings. The van der Waals surface area contributed by atoms with Gasteiger partial charge >= 0.3 is 0 Å². The van der Waals surface area contributed by atoms with Crippen molar-refractivity contribution in [1.29, 1.82) is 0 Å². The zero-order valence-electron chi connectivity index (χ0n) is 8.20. The Morgan fingerprint density at radius 3 is 2.87 bits per heavy atom. The number of aromatic nitrogens is 2. The third-order valence-electron chi connectivity index (χ3n) is 2.07. The molecule has 0 aliphatic heterocycles. The summed E-state index contributed by atoms with van der Waals surface area (Å²) in [6, 6.07) is 5.88. The molecule has 0 aliphatic rings. The number of benzene rings is 1. The summed E-state index contributed by atoms with van der Waals surface area (Å²) >= 11 is 3.40. The molecular formula is C10H10BrN3O. The summed E-state index contributed by atoms with van der Waals surface area (Å²) in [5.74, 6) is 1.03. The maximum atomic E-state index is 5.41. The number of hydrogen-bond acceptors (Lipinski definition) is 4. The molecule has 0 bridgehead atoms. The fourth-order valence-corrected chi connectivity index (χ4v) is 1.79. The third-order valence-corrected chi connectivity index (χ3v) is 2.56. The first kappa shape index (κ1) is 10.3. The fourth-order valence-electron chi connectivity index (χ4n) is 1.31. The lowest BCUT2D eigenvalue weighted by molar-refractivity contribution is 0.422. The lowest BCUT2D eigenvalue weighted by atomic mass is 10.1. The molecular weight excluding hydrogens is 258 g/mol. The van der Waals surface area contributed by atoms with Crippen LogP contribution in [0.5, 0.6) is 0 Å². The molecule has 0 radical (unpaired) electrons. The Labute approximate surface area is 95.6 Å². The van der Waals surface area contributed by atoms with Crippen LogP contribution in [-0.2, 0) is 6.54 Å². The van der Waals surface area contributed by atoms with E-state index in [1.807, 2.05) is 25.1 Å². The molecule has 4 nitrogen and oxygen atoms in total. The molecule has 1 aromatic carbocycles. The monoisotopic (exact) mass is 267 g/mol. The van der Waals surface area contributed by atoms with Crippen LogP contribution in [0.1, 0.15) is 11.4 Å². The summed E-state index contributed by atoms with van der Waals surface area (Å²) in [7, 11) is 0. The van der Waals surface area contributed by atoms with E-state index < -0.39 is 0 Å². The molecule has 1 heterocycles. The summed E-state index contributed by atoms with van der Waals surface area (Å²) in [6.07, 6.45) is 0. The number of aryl methyl sites for hydroxylation is 1. The van der Waals surface area contributed by atoms with Crippen LogP contribution in [0.3, 0.4) is 0 Å². The van der Waals surface area contributed by atoms with Gasteiger partial charge in [-0.05, 0) is 30.7 Å². The maximum Gasteiger partial charge on any atom is 0.258 e. The second-order valence-corrected chi connectivity index (χ2v) is 4.09. The summed E-state index contributed by atoms with van der Waals surface area (Å²) in [4.78, 5) is 4.17. The lowest BCUT2D eigenvalue weighted by Gasteiger charge is -2.00. The first-order chi connectivity index (χ1) is 7.20. The topological polar surface area (TPSA) is 64.9 Å². The van der Waals surface area contributed by atoms with Crippen molar-refractivity contribution in [2.45, 2.75) is 13.5 Å². The Balaban J connectivity index is 2.44. The highest BCUT2D eigenvalue weighted by atomic mass is 79.9. The third kappa shape index (κ3) is 2.08. The van der Waals surface area contributed by atoms with E-state index in [-0.39, 0.29) is 0 Å². The van der Waals surface area contributed by atoms with Crippen molar-refractivity contribution in [2.24, 2.45) is 5.73 Å². The molecule has 2 aromatic rings. The zero-order chi connectivity index (χ0) is 10.8. The number of nitrogens with two attached hydrogens (primary N) is 1. The molecule has 0 saturated heterocycles. The van der Waals surface area contributed by atoms with Crippen LogP contribution in [0.4, 0.5) is 0 Å². The normalized spacial score (nSPS) is 10.6. The largest absolute Gasteiger partial charge is 0.334 e. The van der Waals surface area contributed by atoms with Crippen molar-refractivity contribution >= 4 is 15.9 Å². The Morgan fingerprint density at radius 2 is 2.27 bits per heavy atom. The Bertz CT molecular complexity index is 481. The summed E-state index contributed by atoms with van der Waals surface area (Å²) in [5.41, 5.74) is 7.43. The molecule has 15 heavy (non-hydrogen) atoms. The molecule has 1 aromatic heterocycles. The van der Waals surface area contributed by atoms with Crippen molar-refractivity contribution in [1.82, 2.24) is 10.1 Å². The van der Waals surface area contributed by atoms with Crippen LogP contribution in [0.15, 0.2) is 27.2 Å². The molecule has 2 N–H and O–H groups in total. The molecule has 0 spiro atoms. The summed E-state index contributed by atoms with van der Waals surface area (Å²) in [5, 5.41) is 3.75. The average molecular weight is 268 g/mol. The highest BCUT2D eigenvalue weighted by Gasteiger charge is 2.10. The molecule has 0 saturated carbocycles. The number of nitrogens with zero attached hydrogens (tertiary/aromatic N) is 2. The predicted molar refractivity (Wildman–Crippen MR) is 60.1 cm³/mol. The Kier molecular flexibility index (Phi) is 2.83. The van der Waals surface area contributed by atoms with Gasteiger partial charge in [0.1, 0.15) is 0 Å². The highest BCUT2D eigenvalue weighted by Crippen LogP contribution is 2.24. The van der Waals surface area contributed by atoms with E-state index in [1.54, 1.807) is 0 Å². The minimum atomic E-state index is 0.291. The second kappa shape index (κ2) is 4.12. The second-order valence-electron chi connectivity index (χ2n) is 3.18. The van der Waals surface area contributed by atoms with Gasteiger partial charge in [-0.3, -0.25) is 0 Å². The van der Waals surface area contributed by atoms with Crippen LogP contribution >= 0.6 is 15.9 Å². The van der Waals surface area contributed by atoms with E-state index in [0.29, 0.717) is 18.3 Å². The smallest absolute Gasteiger partial charge is 0.258 e. The molecule has 0 atom stereocenters. The molecule has 78 valence electrons. The molecule has 0 unspecified atom stereocenters. The van der Waals surface area contributed by atoms with Crippen LogP contribution < -0.4 is 5.73 Å². The van der Waals surface area contributed by atoms with Gasteiger partial charge in [0.2, 0.25) is 0 Å². The van der Waals surface area contributed by atoms with Gasteiger partial charge in [0.25, 0.3) is 5.89 Å². The molecule has 0 aliphatic carbocycles. The van der Waals surface area contributed by atoms with Gasteiger partial charge in [-0.1, -0.05) is 21.1 Å². The van der Waals surface area contributed by atoms with Gasteiger partial charge in [-0.25, -0.2) is 0 Å². The first-order valence-electron chi connectivity index (χ1n) is 4.50. The first-order valence-corrected chi connectivity index (χ1v) is 5.29. The number of rotatable bonds is 2. The van der Waals surface area contributed by atoms with E-state index >= 15 is 0 Å². The van der Waals surface area contributed by atoms with Crippen molar-refractivity contribution in [2.75, 3.05) is 0 Å². The average Bonchev–Trinajstić information content (AvgIpc) is 2.66. The number of halogens is 1. The van der Waals surface area contributed by atoms with E-state index in [9.17, 15) is 0 Å². The van der Waals surface area contributed by atoms with Gasteiger partial charge in [0, 0.05) is 10.0 Å². The van der Waals surface area contributed by atoms with Crippen molar-refractivity contribution < 1.29 is 4.52 Å². The molecule has 0 amide bonds. The lowest BCUT2D eigenvalue weighted by Crippen LogP contribution is -1.97. The van der Waals surface area contributed by atoms with Gasteiger partial charge in [0.15, 0.2) is 5.82 Å². The van der Waals surface area contributed by atoms with E-state index in [4.69, 9.17) is 10.3 Å². The van der Waals surface area contributed by atoms with Crippen LogP contribution in [-0.4, -0.2) is 10.1 Å². The highest BCUT2D eigenvalue weighted by molar-refractivity contribution is 9.10. The minimum absolute atomic E-state index is 0.291. The van der Waals surface area contributed by atoms with Crippen molar-refractivity contribution in [3.63, 3.8) is 0 Å². The summed E-state index contributed by atoms with van der Waals surface area (Å²) < 4.78 is 6.14. The number of hydrogen-bond donors (Lipinski definition) is 1. The van der Waals surface area contributed by atoms with Crippen molar-refractivity contribution in [3.8, 4) is 11.5 Å². The van der Waals surface area contributed by atoms with E-state index in [2.05, 4.69) is 26.1 Å². The van der Waals surface area contributed by atoms with Gasteiger partial charge in [0.05, 0.1) is 6.54 Å². The van der Waals surface area contributed by atoms with Gasteiger partial charge in [-0.2, -0.15) is 4.98 Å². The quantitative estimate of drug-likeness (QED) is 0.907. The van der Waals surface area contributed by atoms with Crippen LogP contribution in [0.2, 0.25) is 0 Å². The minimum Gasteiger partial charge on any atom is -0.334 e. The van der Waals surface area contributed by atoms with Crippen LogP contribution in [0, 0.1) is 6.92 Å². The molecule has 5 heteroatoms.